The summed E-state index contributed by atoms with van der Waals surface area (Å²) in [5.41, 5.74) is -2.46. The molecule has 3 atom stereocenters. The Hall–Kier alpha value is -0.450. The lowest BCUT2D eigenvalue weighted by Gasteiger charge is -2.57. The molecule has 0 aromatic heterocycles. The molecule has 1 aliphatic rings. The third-order valence-electron chi connectivity index (χ3n) is 4.14. The average Bonchev–Trinajstić information content (AvgIpc) is 2.14. The van der Waals surface area contributed by atoms with E-state index in [9.17, 15) is 20.1 Å². The van der Waals surface area contributed by atoms with Crippen molar-refractivity contribution in [2.75, 3.05) is 0 Å². The van der Waals surface area contributed by atoms with Crippen molar-refractivity contribution in [1.29, 1.82) is 0 Å². The average molecular weight is 244 g/mol. The first kappa shape index (κ1) is 14.6. The number of ketones is 1. The Morgan fingerprint density at radius 1 is 1.41 bits per heavy atom. The van der Waals surface area contributed by atoms with E-state index in [1.54, 1.807) is 34.6 Å². The lowest BCUT2D eigenvalue weighted by Crippen LogP contribution is -2.65. The second-order valence-corrected chi connectivity index (χ2v) is 6.81. The predicted molar refractivity (Wildman–Crippen MR) is 64.4 cm³/mol. The minimum absolute atomic E-state index is 0.00678. The fraction of sp³-hybridized carbons (Fsp3) is 0.923. The summed E-state index contributed by atoms with van der Waals surface area (Å²) < 4.78 is 0. The van der Waals surface area contributed by atoms with Gasteiger partial charge in [0.05, 0.1) is 11.7 Å². The smallest absolute Gasteiger partial charge is 0.166 e. The molecule has 3 N–H and O–H groups in total. The molecule has 4 heteroatoms. The van der Waals surface area contributed by atoms with Crippen molar-refractivity contribution in [2.45, 2.75) is 65.3 Å². The Labute approximate surface area is 103 Å². The van der Waals surface area contributed by atoms with Crippen LogP contribution in [0.2, 0.25) is 0 Å². The molecular formula is C13H24O4. The van der Waals surface area contributed by atoms with Crippen LogP contribution >= 0.6 is 0 Å². The SMILES string of the molecule is CC(C)(C)C(=O)C(O)CC1(O)CC(O)C1(C)C. The Balaban J connectivity index is 2.71. The molecule has 17 heavy (non-hydrogen) atoms. The largest absolute Gasteiger partial charge is 0.392 e. The van der Waals surface area contributed by atoms with Crippen LogP contribution in [0, 0.1) is 10.8 Å². The van der Waals surface area contributed by atoms with Crippen LogP contribution in [0.5, 0.6) is 0 Å². The summed E-state index contributed by atoms with van der Waals surface area (Å²) in [6, 6.07) is 0. The topological polar surface area (TPSA) is 77.8 Å². The van der Waals surface area contributed by atoms with Crippen LogP contribution in [0.3, 0.4) is 0 Å². The maximum Gasteiger partial charge on any atom is 0.166 e. The van der Waals surface area contributed by atoms with Crippen LogP contribution in [0.1, 0.15) is 47.5 Å². The van der Waals surface area contributed by atoms with Gasteiger partial charge in [-0.1, -0.05) is 34.6 Å². The quantitative estimate of drug-likeness (QED) is 0.688. The number of Topliss-reactive ketones (excluding diaryl/α,β-unsaturated/α-hetero) is 1. The molecule has 1 aliphatic carbocycles. The molecule has 0 radical (unpaired) electrons. The third kappa shape index (κ3) is 2.39. The van der Waals surface area contributed by atoms with Crippen LogP contribution in [0.25, 0.3) is 0 Å². The summed E-state index contributed by atoms with van der Waals surface area (Å²) >= 11 is 0. The van der Waals surface area contributed by atoms with Crippen molar-refractivity contribution < 1.29 is 20.1 Å². The third-order valence-corrected chi connectivity index (χ3v) is 4.14. The van der Waals surface area contributed by atoms with E-state index in [1.807, 2.05) is 0 Å². The number of carbonyl (C=O) groups is 1. The molecule has 3 unspecified atom stereocenters. The fourth-order valence-corrected chi connectivity index (χ4v) is 2.28. The van der Waals surface area contributed by atoms with E-state index in [-0.39, 0.29) is 18.6 Å². The second kappa shape index (κ2) is 4.04. The van der Waals surface area contributed by atoms with Gasteiger partial charge < -0.3 is 15.3 Å². The molecule has 100 valence electrons. The van der Waals surface area contributed by atoms with Gasteiger partial charge in [0.15, 0.2) is 5.78 Å². The first-order valence-electron chi connectivity index (χ1n) is 6.05. The van der Waals surface area contributed by atoms with Crippen molar-refractivity contribution in [1.82, 2.24) is 0 Å². The van der Waals surface area contributed by atoms with E-state index in [2.05, 4.69) is 0 Å². The van der Waals surface area contributed by atoms with Gasteiger partial charge in [0.2, 0.25) is 0 Å². The van der Waals surface area contributed by atoms with Crippen molar-refractivity contribution >= 4 is 5.78 Å². The zero-order valence-electron chi connectivity index (χ0n) is 11.3. The van der Waals surface area contributed by atoms with Crippen molar-refractivity contribution in [2.24, 2.45) is 10.8 Å². The van der Waals surface area contributed by atoms with E-state index in [1.165, 1.54) is 0 Å². The fourth-order valence-electron chi connectivity index (χ4n) is 2.28. The highest BCUT2D eigenvalue weighted by Crippen LogP contribution is 2.52. The highest BCUT2D eigenvalue weighted by molar-refractivity contribution is 5.87. The standard InChI is InChI=1S/C13H24O4/c1-11(2,3)10(16)8(14)6-13(17)7-9(15)12(13,4)5/h8-9,14-15,17H,6-7H2,1-5H3. The van der Waals surface area contributed by atoms with Crippen LogP contribution in [0.4, 0.5) is 0 Å². The lowest BCUT2D eigenvalue weighted by molar-refractivity contribution is -0.236. The molecule has 0 spiro atoms. The number of hydrogen-bond donors (Lipinski definition) is 3. The molecule has 1 fully saturated rings. The van der Waals surface area contributed by atoms with Crippen molar-refractivity contribution in [3.63, 3.8) is 0 Å². The van der Waals surface area contributed by atoms with Gasteiger partial charge in [0.1, 0.15) is 6.10 Å². The Bertz CT molecular complexity index is 316. The molecule has 1 saturated carbocycles. The molecule has 0 aliphatic heterocycles. The molecule has 0 saturated heterocycles. The highest BCUT2D eigenvalue weighted by atomic mass is 16.3. The molecular weight excluding hydrogens is 220 g/mol. The van der Waals surface area contributed by atoms with Crippen LogP contribution < -0.4 is 0 Å². The summed E-state index contributed by atoms with van der Waals surface area (Å²) in [5.74, 6) is -0.275. The monoisotopic (exact) mass is 244 g/mol. The molecule has 0 amide bonds. The lowest BCUT2D eigenvalue weighted by atomic mass is 9.54. The van der Waals surface area contributed by atoms with Crippen LogP contribution in [-0.4, -0.2) is 38.9 Å². The maximum atomic E-state index is 11.9. The number of aliphatic hydroxyl groups is 3. The summed E-state index contributed by atoms with van der Waals surface area (Å²) in [6.45, 7) is 8.71. The maximum absolute atomic E-state index is 11.9. The van der Waals surface area contributed by atoms with Crippen LogP contribution in [0.15, 0.2) is 0 Å². The minimum Gasteiger partial charge on any atom is -0.392 e. The molecule has 0 heterocycles. The first-order chi connectivity index (χ1) is 7.42. The Kier molecular flexibility index (Phi) is 3.47. The van der Waals surface area contributed by atoms with E-state index in [0.717, 1.165) is 0 Å². The summed E-state index contributed by atoms with van der Waals surface area (Å²) in [4.78, 5) is 11.9. The number of carbonyl (C=O) groups excluding carboxylic acids is 1. The normalized spacial score (nSPS) is 34.0. The van der Waals surface area contributed by atoms with Gasteiger partial charge in [0, 0.05) is 23.7 Å². The van der Waals surface area contributed by atoms with Gasteiger partial charge in [-0.2, -0.15) is 0 Å². The zero-order valence-corrected chi connectivity index (χ0v) is 11.3. The number of hydrogen-bond acceptors (Lipinski definition) is 4. The Morgan fingerprint density at radius 3 is 2.18 bits per heavy atom. The summed E-state index contributed by atoms with van der Waals surface area (Å²) in [5, 5.41) is 29.8. The zero-order chi connectivity index (χ0) is 13.6. The molecule has 0 aromatic rings. The van der Waals surface area contributed by atoms with Gasteiger partial charge >= 0.3 is 0 Å². The van der Waals surface area contributed by atoms with Crippen molar-refractivity contribution in [3.05, 3.63) is 0 Å². The highest BCUT2D eigenvalue weighted by Gasteiger charge is 2.59. The van der Waals surface area contributed by atoms with E-state index < -0.39 is 28.6 Å². The number of rotatable bonds is 3. The molecule has 0 bridgehead atoms. The van der Waals surface area contributed by atoms with E-state index in [0.29, 0.717) is 0 Å². The van der Waals surface area contributed by atoms with Gasteiger partial charge in [0.25, 0.3) is 0 Å². The van der Waals surface area contributed by atoms with Gasteiger partial charge in [-0.3, -0.25) is 4.79 Å². The van der Waals surface area contributed by atoms with Gasteiger partial charge in [-0.15, -0.1) is 0 Å². The first-order valence-corrected chi connectivity index (χ1v) is 6.05. The van der Waals surface area contributed by atoms with Crippen LogP contribution in [-0.2, 0) is 4.79 Å². The summed E-state index contributed by atoms with van der Waals surface area (Å²) in [6.07, 6.45) is -1.54. The minimum atomic E-state index is -1.17. The second-order valence-electron chi connectivity index (χ2n) is 6.81. The molecule has 1 rings (SSSR count). The number of aliphatic hydroxyl groups excluding tert-OH is 2. The Morgan fingerprint density at radius 2 is 1.88 bits per heavy atom. The molecule has 4 nitrogen and oxygen atoms in total. The van der Waals surface area contributed by atoms with Crippen molar-refractivity contribution in [3.8, 4) is 0 Å². The van der Waals surface area contributed by atoms with Gasteiger partial charge in [-0.25, -0.2) is 0 Å². The molecule has 0 aromatic carbocycles. The van der Waals surface area contributed by atoms with E-state index >= 15 is 0 Å². The van der Waals surface area contributed by atoms with E-state index in [4.69, 9.17) is 0 Å². The van der Waals surface area contributed by atoms with Gasteiger partial charge in [-0.05, 0) is 0 Å². The predicted octanol–water partition coefficient (Wildman–Crippen LogP) is 0.874. The summed E-state index contributed by atoms with van der Waals surface area (Å²) in [7, 11) is 0.